The van der Waals surface area contributed by atoms with Gasteiger partial charge >= 0.3 is 0 Å². The van der Waals surface area contributed by atoms with Crippen molar-refractivity contribution in [3.63, 3.8) is 0 Å². The van der Waals surface area contributed by atoms with E-state index in [0.29, 0.717) is 4.83 Å². The number of hydrogen-bond acceptors (Lipinski definition) is 1. The molecule has 0 bridgehead atoms. The molecular formula is C10H21BrO. The summed E-state index contributed by atoms with van der Waals surface area (Å²) >= 11 is 3.66. The minimum atomic E-state index is 0.655. The quantitative estimate of drug-likeness (QED) is 0.485. The van der Waals surface area contributed by atoms with Gasteiger partial charge in [0.25, 0.3) is 0 Å². The molecule has 0 saturated carbocycles. The van der Waals surface area contributed by atoms with E-state index in [-0.39, 0.29) is 0 Å². The third kappa shape index (κ3) is 7.11. The van der Waals surface area contributed by atoms with E-state index in [2.05, 4.69) is 36.7 Å². The summed E-state index contributed by atoms with van der Waals surface area (Å²) in [6.07, 6.45) is 3.53. The lowest BCUT2D eigenvalue weighted by atomic mass is 10.1. The van der Waals surface area contributed by atoms with E-state index < -0.39 is 0 Å². The van der Waals surface area contributed by atoms with Gasteiger partial charge in [-0.3, -0.25) is 0 Å². The molecule has 0 fully saturated rings. The van der Waals surface area contributed by atoms with Gasteiger partial charge in [0.15, 0.2) is 0 Å². The fourth-order valence-electron chi connectivity index (χ4n) is 0.960. The van der Waals surface area contributed by atoms with Gasteiger partial charge in [-0.2, -0.15) is 0 Å². The molecule has 0 aliphatic carbocycles. The summed E-state index contributed by atoms with van der Waals surface area (Å²) in [7, 11) is 0. The largest absolute Gasteiger partial charge is 0.381 e. The van der Waals surface area contributed by atoms with Crippen molar-refractivity contribution in [2.24, 2.45) is 5.92 Å². The predicted octanol–water partition coefficient (Wildman–Crippen LogP) is 3.61. The van der Waals surface area contributed by atoms with Crippen LogP contribution in [0.25, 0.3) is 0 Å². The van der Waals surface area contributed by atoms with Crippen LogP contribution < -0.4 is 0 Å². The molecule has 0 aromatic rings. The Kier molecular flexibility index (Phi) is 8.35. The molecule has 74 valence electrons. The molecule has 0 N–H and O–H groups in total. The number of rotatable bonds is 7. The minimum absolute atomic E-state index is 0.655. The van der Waals surface area contributed by atoms with Crippen molar-refractivity contribution in [1.29, 1.82) is 0 Å². The normalized spacial score (nSPS) is 13.8. The van der Waals surface area contributed by atoms with E-state index in [1.807, 2.05) is 0 Å². The third-order valence-electron chi connectivity index (χ3n) is 1.84. The zero-order valence-electron chi connectivity index (χ0n) is 8.48. The molecular weight excluding hydrogens is 216 g/mol. The molecule has 12 heavy (non-hydrogen) atoms. The maximum atomic E-state index is 5.39. The summed E-state index contributed by atoms with van der Waals surface area (Å²) in [6, 6.07) is 0. The highest BCUT2D eigenvalue weighted by molar-refractivity contribution is 9.09. The fraction of sp³-hybridized carbons (Fsp3) is 1.00. The standard InChI is InChI=1S/C10H21BrO/c1-4-7-12-8-5-6-10(11)9(2)3/h9-10H,4-8H2,1-3H3. The van der Waals surface area contributed by atoms with Crippen molar-refractivity contribution < 1.29 is 4.74 Å². The lowest BCUT2D eigenvalue weighted by Gasteiger charge is -2.12. The molecule has 0 aromatic heterocycles. The molecule has 0 aliphatic heterocycles. The first-order chi connectivity index (χ1) is 5.68. The Morgan fingerprint density at radius 3 is 2.42 bits per heavy atom. The summed E-state index contributed by atoms with van der Waals surface area (Å²) < 4.78 is 5.39. The molecule has 0 spiro atoms. The number of alkyl halides is 1. The molecule has 0 amide bonds. The summed E-state index contributed by atoms with van der Waals surface area (Å²) in [5, 5.41) is 0. The highest BCUT2D eigenvalue weighted by Gasteiger charge is 2.07. The second-order valence-electron chi connectivity index (χ2n) is 3.51. The van der Waals surface area contributed by atoms with Crippen LogP contribution in [0.3, 0.4) is 0 Å². The lowest BCUT2D eigenvalue weighted by molar-refractivity contribution is 0.130. The van der Waals surface area contributed by atoms with Crippen molar-refractivity contribution >= 4 is 15.9 Å². The van der Waals surface area contributed by atoms with Crippen LogP contribution in [0, 0.1) is 5.92 Å². The van der Waals surface area contributed by atoms with Gasteiger partial charge in [-0.15, -0.1) is 0 Å². The number of halogens is 1. The van der Waals surface area contributed by atoms with Gasteiger partial charge in [-0.1, -0.05) is 36.7 Å². The van der Waals surface area contributed by atoms with Crippen LogP contribution in [0.15, 0.2) is 0 Å². The smallest absolute Gasteiger partial charge is 0.0466 e. The summed E-state index contributed by atoms with van der Waals surface area (Å²) in [5.41, 5.74) is 0. The fourth-order valence-corrected chi connectivity index (χ4v) is 1.28. The molecule has 0 aliphatic rings. The molecule has 0 heterocycles. The van der Waals surface area contributed by atoms with Gasteiger partial charge in [0.2, 0.25) is 0 Å². The Morgan fingerprint density at radius 1 is 1.25 bits per heavy atom. The van der Waals surface area contributed by atoms with E-state index in [4.69, 9.17) is 4.74 Å². The Labute approximate surface area is 85.0 Å². The first-order valence-electron chi connectivity index (χ1n) is 4.90. The molecule has 1 unspecified atom stereocenters. The second-order valence-corrected chi connectivity index (χ2v) is 4.69. The molecule has 1 nitrogen and oxygen atoms in total. The Hall–Kier alpha value is 0.440. The molecule has 0 rings (SSSR count). The van der Waals surface area contributed by atoms with E-state index >= 15 is 0 Å². The third-order valence-corrected chi connectivity index (χ3v) is 3.36. The van der Waals surface area contributed by atoms with Crippen LogP contribution in [-0.4, -0.2) is 18.0 Å². The summed E-state index contributed by atoms with van der Waals surface area (Å²) in [5.74, 6) is 0.733. The molecule has 0 aromatic carbocycles. The summed E-state index contributed by atoms with van der Waals surface area (Å²) in [4.78, 5) is 0.655. The highest BCUT2D eigenvalue weighted by atomic mass is 79.9. The predicted molar refractivity (Wildman–Crippen MR) is 57.9 cm³/mol. The maximum absolute atomic E-state index is 5.39. The zero-order chi connectivity index (χ0) is 9.40. The zero-order valence-corrected chi connectivity index (χ0v) is 10.1. The van der Waals surface area contributed by atoms with Crippen molar-refractivity contribution in [2.75, 3.05) is 13.2 Å². The van der Waals surface area contributed by atoms with Crippen LogP contribution in [0.1, 0.15) is 40.0 Å². The number of hydrogen-bond donors (Lipinski definition) is 0. The van der Waals surface area contributed by atoms with E-state index in [9.17, 15) is 0 Å². The van der Waals surface area contributed by atoms with Crippen LogP contribution in [0.2, 0.25) is 0 Å². The van der Waals surface area contributed by atoms with Gasteiger partial charge in [0, 0.05) is 18.0 Å². The van der Waals surface area contributed by atoms with Crippen LogP contribution in [0.4, 0.5) is 0 Å². The van der Waals surface area contributed by atoms with Crippen LogP contribution in [0.5, 0.6) is 0 Å². The van der Waals surface area contributed by atoms with Crippen LogP contribution >= 0.6 is 15.9 Å². The Bertz CT molecular complexity index is 93.8. The van der Waals surface area contributed by atoms with Crippen molar-refractivity contribution in [3.8, 4) is 0 Å². The van der Waals surface area contributed by atoms with E-state index in [1.54, 1.807) is 0 Å². The molecule has 1 atom stereocenters. The minimum Gasteiger partial charge on any atom is -0.381 e. The molecule has 0 saturated heterocycles. The summed E-state index contributed by atoms with van der Waals surface area (Å²) in [6.45, 7) is 8.46. The second kappa shape index (κ2) is 8.06. The molecule has 2 heteroatoms. The van der Waals surface area contributed by atoms with Gasteiger partial charge in [-0.05, 0) is 25.2 Å². The molecule has 0 radical (unpaired) electrons. The lowest BCUT2D eigenvalue weighted by Crippen LogP contribution is -2.08. The number of ether oxygens (including phenoxy) is 1. The van der Waals surface area contributed by atoms with Gasteiger partial charge in [-0.25, -0.2) is 0 Å². The van der Waals surface area contributed by atoms with Crippen molar-refractivity contribution in [3.05, 3.63) is 0 Å². The topological polar surface area (TPSA) is 9.23 Å². The van der Waals surface area contributed by atoms with Crippen molar-refractivity contribution in [1.82, 2.24) is 0 Å². The van der Waals surface area contributed by atoms with Gasteiger partial charge < -0.3 is 4.74 Å². The monoisotopic (exact) mass is 236 g/mol. The van der Waals surface area contributed by atoms with E-state index in [0.717, 1.165) is 25.6 Å². The SMILES string of the molecule is CCCOCCCC(Br)C(C)C. The Balaban J connectivity index is 3.08. The Morgan fingerprint density at radius 2 is 1.92 bits per heavy atom. The first-order valence-corrected chi connectivity index (χ1v) is 5.81. The van der Waals surface area contributed by atoms with Crippen LogP contribution in [-0.2, 0) is 4.74 Å². The van der Waals surface area contributed by atoms with Gasteiger partial charge in [0.05, 0.1) is 0 Å². The first kappa shape index (κ1) is 12.4. The van der Waals surface area contributed by atoms with E-state index in [1.165, 1.54) is 12.8 Å². The van der Waals surface area contributed by atoms with Crippen molar-refractivity contribution in [2.45, 2.75) is 44.9 Å². The average molecular weight is 237 g/mol. The maximum Gasteiger partial charge on any atom is 0.0466 e. The highest BCUT2D eigenvalue weighted by Crippen LogP contribution is 2.17. The van der Waals surface area contributed by atoms with Gasteiger partial charge in [0.1, 0.15) is 0 Å². The average Bonchev–Trinajstić information content (AvgIpc) is 2.03.